The van der Waals surface area contributed by atoms with E-state index >= 15 is 0 Å². The zero-order valence-electron chi connectivity index (χ0n) is 9.78. The number of hydrogen-bond donors (Lipinski definition) is 2. The van der Waals surface area contributed by atoms with Crippen molar-refractivity contribution in [2.75, 3.05) is 7.11 Å². The molecule has 0 atom stereocenters. The summed E-state index contributed by atoms with van der Waals surface area (Å²) < 4.78 is 28.2. The molecule has 19 heavy (non-hydrogen) atoms. The van der Waals surface area contributed by atoms with Crippen molar-refractivity contribution in [3.63, 3.8) is 0 Å². The maximum Gasteiger partial charge on any atom is 0.337 e. The van der Waals surface area contributed by atoms with Crippen LogP contribution in [0.1, 0.15) is 20.7 Å². The van der Waals surface area contributed by atoms with Gasteiger partial charge in [-0.25, -0.2) is 4.79 Å². The molecule has 0 aliphatic carbocycles. The molecule has 0 unspecified atom stereocenters. The van der Waals surface area contributed by atoms with Crippen molar-refractivity contribution >= 4 is 17.8 Å². The number of hydrogen-bond acceptors (Lipinski definition) is 4. The summed E-state index contributed by atoms with van der Waals surface area (Å²) in [7, 11) is 1.21. The Hall–Kier alpha value is -2.51. The Kier molecular flexibility index (Phi) is 4.92. The first-order valence-electron chi connectivity index (χ1n) is 5.02. The van der Waals surface area contributed by atoms with Crippen molar-refractivity contribution in [1.29, 1.82) is 0 Å². The molecule has 0 aliphatic heterocycles. The third-order valence-corrected chi connectivity index (χ3v) is 2.07. The van der Waals surface area contributed by atoms with Gasteiger partial charge < -0.3 is 4.74 Å². The monoisotopic (exact) mass is 272 g/mol. The fraction of sp³-hybridized carbons (Fsp3) is 0.182. The smallest absolute Gasteiger partial charge is 0.337 e. The van der Waals surface area contributed by atoms with E-state index in [0.29, 0.717) is 0 Å². The van der Waals surface area contributed by atoms with Crippen LogP contribution in [-0.4, -0.2) is 31.3 Å². The van der Waals surface area contributed by atoms with E-state index in [4.69, 9.17) is 0 Å². The van der Waals surface area contributed by atoms with Gasteiger partial charge in [0.25, 0.3) is 5.91 Å². The SMILES string of the molecule is COC(=O)c1ccc(C(=O)NNC(=O)C(F)F)cc1. The molecule has 0 heterocycles. The van der Waals surface area contributed by atoms with Gasteiger partial charge in [0.15, 0.2) is 0 Å². The second-order valence-corrected chi connectivity index (χ2v) is 3.31. The summed E-state index contributed by atoms with van der Waals surface area (Å²) in [6, 6.07) is 5.23. The maximum atomic E-state index is 11.8. The fourth-order valence-electron chi connectivity index (χ4n) is 1.12. The predicted molar refractivity (Wildman–Crippen MR) is 59.4 cm³/mol. The van der Waals surface area contributed by atoms with E-state index in [1.807, 2.05) is 5.43 Å². The first kappa shape index (κ1) is 14.6. The molecular weight excluding hydrogens is 262 g/mol. The Morgan fingerprint density at radius 3 is 2.05 bits per heavy atom. The van der Waals surface area contributed by atoms with Gasteiger partial charge in [0.05, 0.1) is 12.7 Å². The number of carbonyl (C=O) groups is 3. The molecule has 0 saturated carbocycles. The lowest BCUT2D eigenvalue weighted by Gasteiger charge is -2.07. The average Bonchev–Trinajstić information content (AvgIpc) is 2.43. The van der Waals surface area contributed by atoms with Gasteiger partial charge in [-0.3, -0.25) is 20.4 Å². The number of hydrazine groups is 1. The Balaban J connectivity index is 2.63. The molecular formula is C11H10F2N2O4. The number of amides is 2. The number of nitrogens with one attached hydrogen (secondary N) is 2. The van der Waals surface area contributed by atoms with Crippen LogP contribution in [0.5, 0.6) is 0 Å². The standard InChI is InChI=1S/C11H10F2N2O4/c1-19-11(18)7-4-2-6(3-5-7)9(16)14-15-10(17)8(12)13/h2-5,8H,1H3,(H,14,16)(H,15,17). The van der Waals surface area contributed by atoms with Gasteiger partial charge >= 0.3 is 18.3 Å². The molecule has 6 nitrogen and oxygen atoms in total. The van der Waals surface area contributed by atoms with Crippen LogP contribution in [0.25, 0.3) is 0 Å². The third-order valence-electron chi connectivity index (χ3n) is 2.07. The summed E-state index contributed by atoms with van der Waals surface area (Å²) in [5, 5.41) is 0. The Morgan fingerprint density at radius 1 is 1.05 bits per heavy atom. The molecule has 1 rings (SSSR count). The van der Waals surface area contributed by atoms with Crippen molar-refractivity contribution in [3.05, 3.63) is 35.4 Å². The van der Waals surface area contributed by atoms with Crippen LogP contribution in [0.2, 0.25) is 0 Å². The van der Waals surface area contributed by atoms with Crippen molar-refractivity contribution < 1.29 is 27.9 Å². The highest BCUT2D eigenvalue weighted by atomic mass is 19.3. The molecule has 102 valence electrons. The third kappa shape index (κ3) is 4.02. The van der Waals surface area contributed by atoms with E-state index in [1.165, 1.54) is 31.4 Å². The van der Waals surface area contributed by atoms with E-state index in [9.17, 15) is 23.2 Å². The van der Waals surface area contributed by atoms with E-state index in [0.717, 1.165) is 0 Å². The van der Waals surface area contributed by atoms with Crippen molar-refractivity contribution in [1.82, 2.24) is 10.9 Å². The van der Waals surface area contributed by atoms with Gasteiger partial charge in [0, 0.05) is 5.56 Å². The summed E-state index contributed by atoms with van der Waals surface area (Å²) in [5.41, 5.74) is 3.67. The molecule has 0 aromatic heterocycles. The molecule has 8 heteroatoms. The van der Waals surface area contributed by atoms with E-state index < -0.39 is 24.2 Å². The number of carbonyl (C=O) groups excluding carboxylic acids is 3. The Morgan fingerprint density at radius 2 is 1.58 bits per heavy atom. The predicted octanol–water partition coefficient (Wildman–Crippen LogP) is 0.499. The van der Waals surface area contributed by atoms with Crippen molar-refractivity contribution in [2.45, 2.75) is 6.43 Å². The van der Waals surface area contributed by atoms with Crippen LogP contribution < -0.4 is 10.9 Å². The van der Waals surface area contributed by atoms with Crippen LogP contribution >= 0.6 is 0 Å². The van der Waals surface area contributed by atoms with Gasteiger partial charge in [-0.2, -0.15) is 8.78 Å². The van der Waals surface area contributed by atoms with Crippen LogP contribution in [0.15, 0.2) is 24.3 Å². The van der Waals surface area contributed by atoms with Gasteiger partial charge in [-0.05, 0) is 24.3 Å². The molecule has 0 saturated heterocycles. The van der Waals surface area contributed by atoms with Gasteiger partial charge in [0.2, 0.25) is 0 Å². The summed E-state index contributed by atoms with van der Waals surface area (Å²) in [6.07, 6.45) is -3.22. The van der Waals surface area contributed by atoms with Gasteiger partial charge in [-0.15, -0.1) is 0 Å². The molecule has 0 bridgehead atoms. The summed E-state index contributed by atoms with van der Waals surface area (Å²) in [4.78, 5) is 33.1. The first-order chi connectivity index (χ1) is 8.95. The Labute approximate surface area is 106 Å². The minimum atomic E-state index is -3.22. The number of benzene rings is 1. The largest absolute Gasteiger partial charge is 0.465 e. The second kappa shape index (κ2) is 6.43. The number of rotatable bonds is 3. The average molecular weight is 272 g/mol. The lowest BCUT2D eigenvalue weighted by atomic mass is 10.1. The minimum absolute atomic E-state index is 0.0854. The van der Waals surface area contributed by atoms with Crippen LogP contribution in [-0.2, 0) is 9.53 Å². The number of halogens is 2. The summed E-state index contributed by atoms with van der Waals surface area (Å²) in [6.45, 7) is 0. The van der Waals surface area contributed by atoms with Gasteiger partial charge in [-0.1, -0.05) is 0 Å². The molecule has 0 spiro atoms. The number of alkyl halides is 2. The highest BCUT2D eigenvalue weighted by Crippen LogP contribution is 2.05. The van der Waals surface area contributed by atoms with E-state index in [1.54, 1.807) is 5.43 Å². The molecule has 2 amide bonds. The number of methoxy groups -OCH3 is 1. The minimum Gasteiger partial charge on any atom is -0.465 e. The van der Waals surface area contributed by atoms with E-state index in [-0.39, 0.29) is 11.1 Å². The molecule has 2 N–H and O–H groups in total. The normalized spacial score (nSPS) is 9.89. The quantitative estimate of drug-likeness (QED) is 0.620. The Bertz CT molecular complexity index is 488. The van der Waals surface area contributed by atoms with E-state index in [2.05, 4.69) is 4.74 Å². The lowest BCUT2D eigenvalue weighted by molar-refractivity contribution is -0.132. The molecule has 1 aromatic rings. The molecule has 0 fully saturated rings. The highest BCUT2D eigenvalue weighted by molar-refractivity contribution is 5.97. The summed E-state index contributed by atoms with van der Waals surface area (Å²) >= 11 is 0. The van der Waals surface area contributed by atoms with Gasteiger partial charge in [0.1, 0.15) is 0 Å². The fourth-order valence-corrected chi connectivity index (χ4v) is 1.12. The lowest BCUT2D eigenvalue weighted by Crippen LogP contribution is -2.44. The summed E-state index contributed by atoms with van der Waals surface area (Å²) in [5.74, 6) is -2.97. The number of ether oxygens (including phenoxy) is 1. The first-order valence-corrected chi connectivity index (χ1v) is 5.02. The highest BCUT2D eigenvalue weighted by Gasteiger charge is 2.16. The van der Waals surface area contributed by atoms with Crippen molar-refractivity contribution in [2.24, 2.45) is 0 Å². The molecule has 1 aromatic carbocycles. The van der Waals surface area contributed by atoms with Crippen LogP contribution in [0, 0.1) is 0 Å². The topological polar surface area (TPSA) is 84.5 Å². The molecule has 0 aliphatic rings. The van der Waals surface area contributed by atoms with Crippen LogP contribution in [0.3, 0.4) is 0 Å². The van der Waals surface area contributed by atoms with Crippen molar-refractivity contribution in [3.8, 4) is 0 Å². The zero-order chi connectivity index (χ0) is 14.4. The van der Waals surface area contributed by atoms with Crippen LogP contribution in [0.4, 0.5) is 8.78 Å². The maximum absolute atomic E-state index is 11.8. The number of esters is 1. The molecule has 0 radical (unpaired) electrons. The second-order valence-electron chi connectivity index (χ2n) is 3.31. The zero-order valence-corrected chi connectivity index (χ0v) is 9.78.